The van der Waals surface area contributed by atoms with Crippen molar-refractivity contribution in [1.29, 1.82) is 0 Å². The zero-order valence-electron chi connectivity index (χ0n) is 11.9. The molecule has 0 saturated heterocycles. The van der Waals surface area contributed by atoms with Gasteiger partial charge in [0.1, 0.15) is 6.10 Å². The number of fused-ring (bicyclic) bond motifs is 1. The molecular weight excluding hydrogens is 284 g/mol. The summed E-state index contributed by atoms with van der Waals surface area (Å²) in [6, 6.07) is 10.4. The molecule has 1 aliphatic rings. The van der Waals surface area contributed by atoms with Crippen LogP contribution in [0.4, 0.5) is 5.69 Å². The highest BCUT2D eigenvalue weighted by atomic mass is 16.5. The van der Waals surface area contributed by atoms with E-state index in [1.165, 1.54) is 13.3 Å². The van der Waals surface area contributed by atoms with E-state index in [1.807, 2.05) is 6.07 Å². The Hall–Kier alpha value is -2.89. The summed E-state index contributed by atoms with van der Waals surface area (Å²) >= 11 is 0. The average molecular weight is 298 g/mol. The molecule has 0 spiro atoms. The Morgan fingerprint density at radius 2 is 2.14 bits per heavy atom. The van der Waals surface area contributed by atoms with Crippen LogP contribution in [-0.2, 0) is 9.53 Å². The van der Waals surface area contributed by atoms with Crippen molar-refractivity contribution in [3.8, 4) is 5.88 Å². The highest BCUT2D eigenvalue weighted by Crippen LogP contribution is 2.32. The van der Waals surface area contributed by atoms with Crippen molar-refractivity contribution in [1.82, 2.24) is 4.98 Å². The number of ether oxygens (including phenoxy) is 2. The number of carbonyl (C=O) groups excluding carboxylic acids is 2. The first-order chi connectivity index (χ1) is 10.7. The van der Waals surface area contributed by atoms with Crippen LogP contribution >= 0.6 is 0 Å². The normalized spacial score (nSPS) is 15.9. The molecule has 3 rings (SSSR count). The van der Waals surface area contributed by atoms with Crippen LogP contribution in [0.3, 0.4) is 0 Å². The molecular formula is C16H14N2O4. The molecule has 22 heavy (non-hydrogen) atoms. The number of hydrogen-bond donors (Lipinski definition) is 1. The summed E-state index contributed by atoms with van der Waals surface area (Å²) in [7, 11) is 1.52. The molecule has 1 aromatic carbocycles. The van der Waals surface area contributed by atoms with Gasteiger partial charge in [-0.15, -0.1) is 0 Å². The second kappa shape index (κ2) is 5.85. The highest BCUT2D eigenvalue weighted by molar-refractivity contribution is 5.96. The number of anilines is 1. The molecule has 0 bridgehead atoms. The van der Waals surface area contributed by atoms with Gasteiger partial charge in [-0.3, -0.25) is 4.79 Å². The summed E-state index contributed by atoms with van der Waals surface area (Å²) in [6.45, 7) is 0. The van der Waals surface area contributed by atoms with E-state index >= 15 is 0 Å². The first-order valence-electron chi connectivity index (χ1n) is 6.77. The summed E-state index contributed by atoms with van der Waals surface area (Å²) < 4.78 is 10.2. The van der Waals surface area contributed by atoms with Gasteiger partial charge in [-0.05, 0) is 12.1 Å². The minimum atomic E-state index is -0.546. The molecule has 1 aliphatic heterocycles. The number of rotatable bonds is 4. The number of amides is 1. The lowest BCUT2D eigenvalue weighted by molar-refractivity contribution is -0.118. The Labute approximate surface area is 127 Å². The van der Waals surface area contributed by atoms with E-state index in [0.29, 0.717) is 17.1 Å². The van der Waals surface area contributed by atoms with E-state index in [0.717, 1.165) is 5.56 Å². The van der Waals surface area contributed by atoms with E-state index in [-0.39, 0.29) is 18.3 Å². The highest BCUT2D eigenvalue weighted by Gasteiger charge is 2.31. The number of hydrogen-bond acceptors (Lipinski definition) is 5. The Kier molecular flexibility index (Phi) is 3.74. The fourth-order valence-corrected chi connectivity index (χ4v) is 2.33. The van der Waals surface area contributed by atoms with Crippen LogP contribution in [-0.4, -0.2) is 24.0 Å². The van der Waals surface area contributed by atoms with Crippen LogP contribution in [0.5, 0.6) is 5.88 Å². The van der Waals surface area contributed by atoms with Crippen LogP contribution < -0.4 is 10.1 Å². The quantitative estimate of drug-likeness (QED) is 0.877. The lowest BCUT2D eigenvalue weighted by Crippen LogP contribution is -2.15. The van der Waals surface area contributed by atoms with Crippen molar-refractivity contribution in [3.63, 3.8) is 0 Å². The fourth-order valence-electron chi connectivity index (χ4n) is 2.33. The average Bonchev–Trinajstić information content (AvgIpc) is 2.85. The lowest BCUT2D eigenvalue weighted by atomic mass is 10.0. The molecule has 2 aromatic rings. The predicted molar refractivity (Wildman–Crippen MR) is 78.6 cm³/mol. The third-order valence-electron chi connectivity index (χ3n) is 3.38. The SMILES string of the molecule is COc1ccc(NC(=O)CC2OC(=O)c3ccccc32)cn1. The van der Waals surface area contributed by atoms with E-state index < -0.39 is 6.10 Å². The van der Waals surface area contributed by atoms with Crippen molar-refractivity contribution in [2.45, 2.75) is 12.5 Å². The van der Waals surface area contributed by atoms with Crippen molar-refractivity contribution >= 4 is 17.6 Å². The topological polar surface area (TPSA) is 77.5 Å². The maximum Gasteiger partial charge on any atom is 0.339 e. The third kappa shape index (κ3) is 2.76. The molecule has 1 unspecified atom stereocenters. The van der Waals surface area contributed by atoms with Gasteiger partial charge in [0.2, 0.25) is 11.8 Å². The van der Waals surface area contributed by atoms with Gasteiger partial charge in [-0.2, -0.15) is 0 Å². The van der Waals surface area contributed by atoms with Gasteiger partial charge in [-0.25, -0.2) is 9.78 Å². The molecule has 0 aliphatic carbocycles. The minimum Gasteiger partial charge on any atom is -0.481 e. The van der Waals surface area contributed by atoms with E-state index in [4.69, 9.17) is 9.47 Å². The van der Waals surface area contributed by atoms with Gasteiger partial charge < -0.3 is 14.8 Å². The van der Waals surface area contributed by atoms with Crippen molar-refractivity contribution in [2.24, 2.45) is 0 Å². The molecule has 1 N–H and O–H groups in total. The molecule has 1 atom stereocenters. The largest absolute Gasteiger partial charge is 0.481 e. The molecule has 6 heteroatoms. The van der Waals surface area contributed by atoms with Gasteiger partial charge in [0, 0.05) is 11.6 Å². The molecule has 2 heterocycles. The van der Waals surface area contributed by atoms with E-state index in [2.05, 4.69) is 10.3 Å². The maximum absolute atomic E-state index is 12.1. The molecule has 112 valence electrons. The van der Waals surface area contributed by atoms with Crippen molar-refractivity contribution in [3.05, 3.63) is 53.7 Å². The minimum absolute atomic E-state index is 0.0643. The van der Waals surface area contributed by atoms with Gasteiger partial charge in [-0.1, -0.05) is 18.2 Å². The predicted octanol–water partition coefficient (Wildman–Crippen LogP) is 2.33. The third-order valence-corrected chi connectivity index (χ3v) is 3.38. The van der Waals surface area contributed by atoms with E-state index in [1.54, 1.807) is 30.3 Å². The fraction of sp³-hybridized carbons (Fsp3) is 0.188. The molecule has 0 radical (unpaired) electrons. The number of pyridine rings is 1. The van der Waals surface area contributed by atoms with Crippen LogP contribution in [0.2, 0.25) is 0 Å². The number of esters is 1. The molecule has 0 saturated carbocycles. The van der Waals surface area contributed by atoms with Gasteiger partial charge in [0.05, 0.1) is 31.0 Å². The number of nitrogens with zero attached hydrogens (tertiary/aromatic N) is 1. The molecule has 0 fully saturated rings. The van der Waals surface area contributed by atoms with Crippen LogP contribution in [0.15, 0.2) is 42.6 Å². The van der Waals surface area contributed by atoms with Crippen LogP contribution in [0.1, 0.15) is 28.4 Å². The second-order valence-corrected chi connectivity index (χ2v) is 4.82. The number of cyclic esters (lactones) is 1. The zero-order chi connectivity index (χ0) is 15.5. The summed E-state index contributed by atoms with van der Waals surface area (Å²) in [5.74, 6) is -0.169. The molecule has 6 nitrogen and oxygen atoms in total. The van der Waals surface area contributed by atoms with Gasteiger partial charge in [0.25, 0.3) is 0 Å². The maximum atomic E-state index is 12.1. The van der Waals surface area contributed by atoms with Gasteiger partial charge >= 0.3 is 5.97 Å². The Balaban J connectivity index is 1.66. The first-order valence-corrected chi connectivity index (χ1v) is 6.77. The number of benzene rings is 1. The monoisotopic (exact) mass is 298 g/mol. The van der Waals surface area contributed by atoms with Crippen molar-refractivity contribution in [2.75, 3.05) is 12.4 Å². The van der Waals surface area contributed by atoms with Crippen LogP contribution in [0.25, 0.3) is 0 Å². The Morgan fingerprint density at radius 3 is 2.86 bits per heavy atom. The zero-order valence-corrected chi connectivity index (χ0v) is 11.9. The number of aromatic nitrogens is 1. The standard InChI is InChI=1S/C16H14N2O4/c1-21-15-7-6-10(9-17-15)18-14(19)8-13-11-4-2-3-5-12(11)16(20)22-13/h2-7,9,13H,8H2,1H3,(H,18,19). The van der Waals surface area contributed by atoms with E-state index in [9.17, 15) is 9.59 Å². The Morgan fingerprint density at radius 1 is 1.32 bits per heavy atom. The molecule has 1 aromatic heterocycles. The van der Waals surface area contributed by atoms with Gasteiger partial charge in [0.15, 0.2) is 0 Å². The van der Waals surface area contributed by atoms with Crippen molar-refractivity contribution < 1.29 is 19.1 Å². The smallest absolute Gasteiger partial charge is 0.339 e. The lowest BCUT2D eigenvalue weighted by Gasteiger charge is -2.11. The second-order valence-electron chi connectivity index (χ2n) is 4.82. The first kappa shape index (κ1) is 14.1. The Bertz CT molecular complexity index is 712. The summed E-state index contributed by atoms with van der Waals surface area (Å²) in [4.78, 5) is 27.8. The molecule has 1 amide bonds. The summed E-state index contributed by atoms with van der Waals surface area (Å²) in [6.07, 6.45) is 1.02. The summed E-state index contributed by atoms with van der Waals surface area (Å²) in [5, 5.41) is 2.72. The van der Waals surface area contributed by atoms with Crippen LogP contribution in [0, 0.1) is 0 Å². The number of nitrogens with one attached hydrogen (secondary N) is 1. The number of carbonyl (C=O) groups is 2. The number of methoxy groups -OCH3 is 1. The summed E-state index contributed by atoms with van der Waals surface area (Å²) in [5.41, 5.74) is 1.82.